The lowest BCUT2D eigenvalue weighted by Crippen LogP contribution is -2.09. The smallest absolute Gasteiger partial charge is 0.0175 e. The Morgan fingerprint density at radius 1 is 0.842 bits per heavy atom. The minimum Gasteiger partial charge on any atom is -0.0925 e. The van der Waals surface area contributed by atoms with Crippen molar-refractivity contribution in [2.75, 3.05) is 5.33 Å². The van der Waals surface area contributed by atoms with Gasteiger partial charge in [-0.2, -0.15) is 0 Å². The van der Waals surface area contributed by atoms with E-state index in [4.69, 9.17) is 0 Å². The number of rotatable bonds is 5. The zero-order valence-electron chi connectivity index (χ0n) is 10.5. The Morgan fingerprint density at radius 3 is 1.79 bits per heavy atom. The zero-order chi connectivity index (χ0) is 13.7. The Bertz CT molecular complexity index is 458. The normalized spacial score (nSPS) is 12.4. The molecule has 0 aliphatic carbocycles. The van der Waals surface area contributed by atoms with Gasteiger partial charge in [-0.3, -0.25) is 0 Å². The average molecular weight is 494 g/mol. The van der Waals surface area contributed by atoms with Crippen molar-refractivity contribution in [3.63, 3.8) is 0 Å². The van der Waals surface area contributed by atoms with Gasteiger partial charge in [0.05, 0.1) is 0 Å². The van der Waals surface area contributed by atoms with E-state index in [0.29, 0.717) is 5.92 Å². The van der Waals surface area contributed by atoms with E-state index in [1.165, 1.54) is 14.7 Å². The Kier molecular flexibility index (Phi) is 6.36. The second kappa shape index (κ2) is 7.79. The maximum Gasteiger partial charge on any atom is 0.0175 e. The van der Waals surface area contributed by atoms with Gasteiger partial charge in [-0.05, 0) is 76.7 Å². The van der Waals surface area contributed by atoms with Crippen molar-refractivity contribution in [3.05, 3.63) is 67.7 Å². The van der Waals surface area contributed by atoms with Crippen LogP contribution < -0.4 is 0 Å². The van der Waals surface area contributed by atoms with Gasteiger partial charge in [0.15, 0.2) is 0 Å². The van der Waals surface area contributed by atoms with Crippen LogP contribution in [0, 0.1) is 9.49 Å². The van der Waals surface area contributed by atoms with E-state index < -0.39 is 0 Å². The molecule has 0 heterocycles. The lowest BCUT2D eigenvalue weighted by Gasteiger charge is -2.14. The molecule has 2 aromatic carbocycles. The van der Waals surface area contributed by atoms with Gasteiger partial charge in [0, 0.05) is 13.4 Å². The summed E-state index contributed by atoms with van der Waals surface area (Å²) >= 11 is 9.48. The van der Waals surface area contributed by atoms with Crippen LogP contribution in [0.15, 0.2) is 53.0 Å². The van der Waals surface area contributed by atoms with Gasteiger partial charge >= 0.3 is 0 Å². The lowest BCUT2D eigenvalue weighted by atomic mass is 9.94. The fraction of sp³-hybridized carbons (Fsp3) is 0.250. The molecule has 0 bridgehead atoms. The predicted molar refractivity (Wildman–Crippen MR) is 98.0 cm³/mol. The van der Waals surface area contributed by atoms with Crippen molar-refractivity contribution >= 4 is 54.5 Å². The molecule has 0 aliphatic rings. The summed E-state index contributed by atoms with van der Waals surface area (Å²) in [6.45, 7) is 0. The van der Waals surface area contributed by atoms with Crippen molar-refractivity contribution in [2.24, 2.45) is 5.92 Å². The maximum absolute atomic E-state index is 3.65. The Morgan fingerprint density at radius 2 is 1.32 bits per heavy atom. The van der Waals surface area contributed by atoms with Crippen LogP contribution >= 0.6 is 54.5 Å². The number of benzene rings is 2. The predicted octanol–water partition coefficient (Wildman–Crippen LogP) is 5.85. The second-order valence-corrected chi connectivity index (χ2v) is 7.49. The Hall–Kier alpha value is 0.130. The van der Waals surface area contributed by atoms with Crippen molar-refractivity contribution in [1.82, 2.24) is 0 Å². The molecule has 0 radical (unpaired) electrons. The van der Waals surface area contributed by atoms with Crippen molar-refractivity contribution in [1.29, 1.82) is 0 Å². The molecule has 1 atom stereocenters. The summed E-state index contributed by atoms with van der Waals surface area (Å²) in [7, 11) is 0. The molecule has 0 aliphatic heterocycles. The first-order valence-electron chi connectivity index (χ1n) is 6.22. The topological polar surface area (TPSA) is 0 Å². The van der Waals surface area contributed by atoms with Crippen molar-refractivity contribution in [3.8, 4) is 0 Å². The molecular weight excluding hydrogens is 479 g/mol. The second-order valence-electron chi connectivity index (χ2n) is 4.68. The van der Waals surface area contributed by atoms with Crippen molar-refractivity contribution in [2.45, 2.75) is 12.8 Å². The summed E-state index contributed by atoms with van der Waals surface area (Å²) in [5.41, 5.74) is 2.82. The molecule has 0 nitrogen and oxygen atoms in total. The van der Waals surface area contributed by atoms with Crippen LogP contribution in [0.5, 0.6) is 0 Å². The summed E-state index contributed by atoms with van der Waals surface area (Å²) in [6, 6.07) is 17.5. The first-order valence-corrected chi connectivity index (χ1v) is 9.21. The molecule has 100 valence electrons. The number of alkyl halides is 1. The highest BCUT2D eigenvalue weighted by molar-refractivity contribution is 14.1. The van der Waals surface area contributed by atoms with Crippen LogP contribution in [-0.4, -0.2) is 5.33 Å². The first-order chi connectivity index (χ1) is 9.17. The summed E-state index contributed by atoms with van der Waals surface area (Å²) in [6.07, 6.45) is 2.24. The summed E-state index contributed by atoms with van der Waals surface area (Å²) in [5, 5.41) is 1.04. The molecule has 0 spiro atoms. The third-order valence-corrected chi connectivity index (χ3v) is 5.26. The molecule has 3 heteroatoms. The zero-order valence-corrected chi connectivity index (χ0v) is 15.8. The molecule has 2 rings (SSSR count). The van der Waals surface area contributed by atoms with Gasteiger partial charge in [0.2, 0.25) is 0 Å². The SMILES string of the molecule is BrCC(Cc1ccc(Br)cc1)Cc1ccc(I)cc1. The fourth-order valence-corrected chi connectivity index (χ4v) is 3.17. The van der Waals surface area contributed by atoms with Crippen LogP contribution in [0.2, 0.25) is 0 Å². The minimum atomic E-state index is 0.640. The summed E-state index contributed by atoms with van der Waals surface area (Å²) in [5.74, 6) is 0.640. The van der Waals surface area contributed by atoms with E-state index in [9.17, 15) is 0 Å². The Labute approximate surface area is 145 Å². The monoisotopic (exact) mass is 492 g/mol. The van der Waals surface area contributed by atoms with Crippen molar-refractivity contribution < 1.29 is 0 Å². The van der Waals surface area contributed by atoms with E-state index in [2.05, 4.69) is 103 Å². The maximum atomic E-state index is 3.65. The van der Waals surface area contributed by atoms with Gasteiger partial charge in [0.1, 0.15) is 0 Å². The number of halogens is 3. The van der Waals surface area contributed by atoms with E-state index in [1.807, 2.05) is 0 Å². The molecule has 0 N–H and O–H groups in total. The van der Waals surface area contributed by atoms with Crippen LogP contribution in [0.4, 0.5) is 0 Å². The Balaban J connectivity index is 2.00. The molecule has 0 aromatic heterocycles. The van der Waals surface area contributed by atoms with Crippen LogP contribution in [-0.2, 0) is 12.8 Å². The van der Waals surface area contributed by atoms with Crippen LogP contribution in [0.3, 0.4) is 0 Å². The lowest BCUT2D eigenvalue weighted by molar-refractivity contribution is 0.591. The average Bonchev–Trinajstić information content (AvgIpc) is 2.43. The van der Waals surface area contributed by atoms with Gasteiger partial charge in [-0.15, -0.1) is 0 Å². The van der Waals surface area contributed by atoms with Crippen LogP contribution in [0.1, 0.15) is 11.1 Å². The summed E-state index contributed by atoms with van der Waals surface area (Å²) < 4.78 is 2.44. The molecule has 2 aromatic rings. The highest BCUT2D eigenvalue weighted by atomic mass is 127. The quantitative estimate of drug-likeness (QED) is 0.362. The molecule has 1 unspecified atom stereocenters. The highest BCUT2D eigenvalue weighted by Crippen LogP contribution is 2.19. The molecule has 0 saturated carbocycles. The van der Waals surface area contributed by atoms with E-state index >= 15 is 0 Å². The van der Waals surface area contributed by atoms with Gasteiger partial charge < -0.3 is 0 Å². The molecule has 0 fully saturated rings. The molecule has 19 heavy (non-hydrogen) atoms. The van der Waals surface area contributed by atoms with Crippen LogP contribution in [0.25, 0.3) is 0 Å². The molecular formula is C16H15Br2I. The van der Waals surface area contributed by atoms with Gasteiger partial charge in [-0.25, -0.2) is 0 Å². The fourth-order valence-electron chi connectivity index (χ4n) is 2.09. The first kappa shape index (κ1) is 15.5. The summed E-state index contributed by atoms with van der Waals surface area (Å²) in [4.78, 5) is 0. The third kappa shape index (κ3) is 5.20. The van der Waals surface area contributed by atoms with E-state index in [1.54, 1.807) is 0 Å². The third-order valence-electron chi connectivity index (χ3n) is 3.09. The van der Waals surface area contributed by atoms with E-state index in [-0.39, 0.29) is 0 Å². The minimum absolute atomic E-state index is 0.640. The molecule has 0 amide bonds. The number of hydrogen-bond acceptors (Lipinski definition) is 0. The largest absolute Gasteiger partial charge is 0.0925 e. The highest BCUT2D eigenvalue weighted by Gasteiger charge is 2.09. The van der Waals surface area contributed by atoms with Gasteiger partial charge in [0.25, 0.3) is 0 Å². The van der Waals surface area contributed by atoms with E-state index in [0.717, 1.165) is 22.6 Å². The molecule has 0 saturated heterocycles. The number of hydrogen-bond donors (Lipinski definition) is 0. The standard InChI is InChI=1S/C16H15Br2I/c17-11-14(9-12-1-5-15(18)6-2-12)10-13-3-7-16(19)8-4-13/h1-8,14H,9-11H2. The van der Waals surface area contributed by atoms with Gasteiger partial charge in [-0.1, -0.05) is 56.1 Å².